The van der Waals surface area contributed by atoms with Gasteiger partial charge in [-0.3, -0.25) is 0 Å². The number of aryl methyl sites for hydroxylation is 2. The Balaban J connectivity index is 2.49. The van der Waals surface area contributed by atoms with Crippen molar-refractivity contribution in [3.05, 3.63) is 39.2 Å². The van der Waals surface area contributed by atoms with E-state index in [1.165, 1.54) is 20.9 Å². The van der Waals surface area contributed by atoms with Crippen LogP contribution in [0.1, 0.15) is 17.4 Å². The first-order chi connectivity index (χ1) is 7.61. The molecule has 84 valence electrons. The number of rotatable bonds is 2. The van der Waals surface area contributed by atoms with Crippen molar-refractivity contribution in [2.24, 2.45) is 0 Å². The first-order valence-electron chi connectivity index (χ1n) is 5.26. The van der Waals surface area contributed by atoms with E-state index in [1.807, 2.05) is 0 Å². The molecule has 0 atom stereocenters. The summed E-state index contributed by atoms with van der Waals surface area (Å²) < 4.78 is 1.15. The molecule has 0 saturated heterocycles. The van der Waals surface area contributed by atoms with Crippen LogP contribution >= 0.6 is 27.3 Å². The minimum Gasteiger partial charge on any atom is -0.398 e. The van der Waals surface area contributed by atoms with Gasteiger partial charge in [-0.2, -0.15) is 0 Å². The lowest BCUT2D eigenvalue weighted by Gasteiger charge is -2.05. The van der Waals surface area contributed by atoms with E-state index in [9.17, 15) is 0 Å². The molecule has 0 unspecified atom stereocenters. The molecule has 0 bridgehead atoms. The van der Waals surface area contributed by atoms with Crippen LogP contribution in [0.2, 0.25) is 0 Å². The van der Waals surface area contributed by atoms with Crippen LogP contribution in [-0.2, 0) is 6.42 Å². The van der Waals surface area contributed by atoms with Crippen LogP contribution in [0, 0.1) is 6.92 Å². The third-order valence-electron chi connectivity index (χ3n) is 2.60. The minimum absolute atomic E-state index is 0.887. The predicted octanol–water partition coefficient (Wildman–Crippen LogP) is 4.63. The maximum atomic E-state index is 6.02. The first-order valence-corrected chi connectivity index (χ1v) is 6.87. The summed E-state index contributed by atoms with van der Waals surface area (Å²) in [6, 6.07) is 8.47. The molecule has 1 aromatic carbocycles. The molecule has 0 aliphatic rings. The second kappa shape index (κ2) is 4.60. The van der Waals surface area contributed by atoms with Gasteiger partial charge in [0.25, 0.3) is 0 Å². The average molecular weight is 296 g/mol. The van der Waals surface area contributed by atoms with Gasteiger partial charge in [0.2, 0.25) is 0 Å². The lowest BCUT2D eigenvalue weighted by molar-refractivity contribution is 1.15. The number of halogens is 1. The van der Waals surface area contributed by atoms with E-state index in [4.69, 9.17) is 5.73 Å². The monoisotopic (exact) mass is 295 g/mol. The van der Waals surface area contributed by atoms with Gasteiger partial charge in [-0.05, 0) is 52.5 Å². The number of nitrogen functional groups attached to an aromatic ring is 1. The lowest BCUT2D eigenvalue weighted by atomic mass is 10.1. The normalized spacial score (nSPS) is 10.7. The van der Waals surface area contributed by atoms with Gasteiger partial charge in [-0.1, -0.05) is 19.1 Å². The van der Waals surface area contributed by atoms with Crippen molar-refractivity contribution >= 4 is 33.0 Å². The summed E-state index contributed by atoms with van der Waals surface area (Å²) in [5.74, 6) is 0. The van der Waals surface area contributed by atoms with Gasteiger partial charge < -0.3 is 5.73 Å². The Morgan fingerprint density at radius 1 is 1.31 bits per heavy atom. The fourth-order valence-corrected chi connectivity index (χ4v) is 3.60. The van der Waals surface area contributed by atoms with Crippen molar-refractivity contribution in [2.75, 3.05) is 5.73 Å². The number of anilines is 1. The smallest absolute Gasteiger partial charge is 0.0488 e. The Labute approximate surface area is 108 Å². The summed E-state index contributed by atoms with van der Waals surface area (Å²) >= 11 is 5.37. The van der Waals surface area contributed by atoms with E-state index in [1.54, 1.807) is 11.3 Å². The molecule has 1 nitrogen and oxygen atoms in total. The third-order valence-corrected chi connectivity index (χ3v) is 4.59. The quantitative estimate of drug-likeness (QED) is 0.803. The molecule has 0 radical (unpaired) electrons. The van der Waals surface area contributed by atoms with E-state index >= 15 is 0 Å². The number of thiophene rings is 1. The van der Waals surface area contributed by atoms with Gasteiger partial charge >= 0.3 is 0 Å². The molecule has 1 heterocycles. The maximum absolute atomic E-state index is 6.02. The molecular weight excluding hydrogens is 282 g/mol. The number of hydrogen-bond acceptors (Lipinski definition) is 2. The molecule has 0 fully saturated rings. The molecule has 2 aromatic rings. The second-order valence-corrected chi connectivity index (χ2v) is 5.91. The zero-order valence-corrected chi connectivity index (χ0v) is 11.8. The number of benzene rings is 1. The topological polar surface area (TPSA) is 26.0 Å². The number of hydrogen-bond donors (Lipinski definition) is 1. The van der Waals surface area contributed by atoms with Crippen molar-refractivity contribution in [2.45, 2.75) is 20.3 Å². The molecule has 0 spiro atoms. The van der Waals surface area contributed by atoms with Crippen LogP contribution in [0.5, 0.6) is 0 Å². The minimum atomic E-state index is 0.887. The van der Waals surface area contributed by atoms with Crippen molar-refractivity contribution in [3.63, 3.8) is 0 Å². The number of nitrogens with two attached hydrogens (primary N) is 1. The van der Waals surface area contributed by atoms with Crippen LogP contribution in [0.4, 0.5) is 5.69 Å². The van der Waals surface area contributed by atoms with Gasteiger partial charge in [0, 0.05) is 19.9 Å². The van der Waals surface area contributed by atoms with Crippen molar-refractivity contribution in [3.8, 4) is 10.4 Å². The highest BCUT2D eigenvalue weighted by atomic mass is 79.9. The summed E-state index contributed by atoms with van der Waals surface area (Å²) in [5, 5.41) is 0. The van der Waals surface area contributed by atoms with Crippen LogP contribution in [-0.4, -0.2) is 0 Å². The van der Waals surface area contributed by atoms with E-state index in [-0.39, 0.29) is 0 Å². The molecular formula is C13H14BrNS. The standard InChI is InChI=1S/C13H14BrNS/c1-3-9-4-5-10(7-12(9)15)13-11(14)6-8(2)16-13/h4-7H,3,15H2,1-2H3. The van der Waals surface area contributed by atoms with Crippen LogP contribution in [0.3, 0.4) is 0 Å². The first kappa shape index (κ1) is 11.7. The van der Waals surface area contributed by atoms with Crippen LogP contribution in [0.15, 0.2) is 28.7 Å². The summed E-state index contributed by atoms with van der Waals surface area (Å²) in [4.78, 5) is 2.56. The fraction of sp³-hybridized carbons (Fsp3) is 0.231. The summed E-state index contributed by atoms with van der Waals surface area (Å²) in [6.45, 7) is 4.24. The summed E-state index contributed by atoms with van der Waals surface area (Å²) in [6.07, 6.45) is 0.983. The molecule has 2 N–H and O–H groups in total. The summed E-state index contributed by atoms with van der Waals surface area (Å²) in [7, 11) is 0. The molecule has 3 heteroatoms. The third kappa shape index (κ3) is 2.15. The van der Waals surface area contributed by atoms with Crippen molar-refractivity contribution in [1.29, 1.82) is 0 Å². The zero-order chi connectivity index (χ0) is 11.7. The maximum Gasteiger partial charge on any atom is 0.0488 e. The summed E-state index contributed by atoms with van der Waals surface area (Å²) in [5.41, 5.74) is 9.31. The lowest BCUT2D eigenvalue weighted by Crippen LogP contribution is -1.92. The second-order valence-electron chi connectivity index (χ2n) is 3.80. The molecule has 0 saturated carbocycles. The molecule has 0 amide bonds. The van der Waals surface area contributed by atoms with Gasteiger partial charge in [0.15, 0.2) is 0 Å². The van der Waals surface area contributed by atoms with Crippen LogP contribution < -0.4 is 5.73 Å². The Bertz CT molecular complexity index is 517. The molecule has 1 aromatic heterocycles. The van der Waals surface area contributed by atoms with Gasteiger partial charge in [-0.25, -0.2) is 0 Å². The Kier molecular flexibility index (Phi) is 3.36. The molecule has 16 heavy (non-hydrogen) atoms. The highest BCUT2D eigenvalue weighted by Crippen LogP contribution is 2.37. The highest BCUT2D eigenvalue weighted by Gasteiger charge is 2.08. The highest BCUT2D eigenvalue weighted by molar-refractivity contribution is 9.10. The van der Waals surface area contributed by atoms with Gasteiger partial charge in [0.1, 0.15) is 0 Å². The predicted molar refractivity (Wildman–Crippen MR) is 76.0 cm³/mol. The largest absolute Gasteiger partial charge is 0.398 e. The van der Waals surface area contributed by atoms with Gasteiger partial charge in [0.05, 0.1) is 0 Å². The van der Waals surface area contributed by atoms with E-state index < -0.39 is 0 Å². The van der Waals surface area contributed by atoms with E-state index in [0.29, 0.717) is 0 Å². The SMILES string of the molecule is CCc1ccc(-c2sc(C)cc2Br)cc1N. The molecule has 0 aliphatic heterocycles. The van der Waals surface area contributed by atoms with Crippen molar-refractivity contribution < 1.29 is 0 Å². The Hall–Kier alpha value is -0.800. The van der Waals surface area contributed by atoms with Crippen LogP contribution in [0.25, 0.3) is 10.4 Å². The van der Waals surface area contributed by atoms with Crippen molar-refractivity contribution in [1.82, 2.24) is 0 Å². The fourth-order valence-electron chi connectivity index (χ4n) is 1.74. The Morgan fingerprint density at radius 2 is 2.06 bits per heavy atom. The molecule has 0 aliphatic carbocycles. The molecule has 2 rings (SSSR count). The van der Waals surface area contributed by atoms with Gasteiger partial charge in [-0.15, -0.1) is 11.3 Å². The van der Waals surface area contributed by atoms with E-state index in [0.717, 1.165) is 16.6 Å². The van der Waals surface area contributed by atoms with E-state index in [2.05, 4.69) is 54.0 Å². The Morgan fingerprint density at radius 3 is 2.56 bits per heavy atom. The average Bonchev–Trinajstić information content (AvgIpc) is 2.58. The zero-order valence-electron chi connectivity index (χ0n) is 9.38.